The molecule has 0 unspecified atom stereocenters. The van der Waals surface area contributed by atoms with E-state index in [0.717, 1.165) is 5.56 Å². The molecule has 0 saturated heterocycles. The zero-order valence-corrected chi connectivity index (χ0v) is 14.9. The minimum Gasteiger partial charge on any atom is -0.493 e. The van der Waals surface area contributed by atoms with Crippen LogP contribution in [-0.4, -0.2) is 39.2 Å². The normalized spacial score (nSPS) is 10.2. The first-order chi connectivity index (χ1) is 11.5. The van der Waals surface area contributed by atoms with E-state index in [2.05, 4.69) is 0 Å². The Morgan fingerprint density at radius 2 is 1.58 bits per heavy atom. The number of nitrogens with zero attached hydrogens (tertiary/aromatic N) is 1. The van der Waals surface area contributed by atoms with Gasteiger partial charge in [-0.15, -0.1) is 0 Å². The second kappa shape index (κ2) is 7.93. The highest BCUT2D eigenvalue weighted by atomic mass is 35.5. The average Bonchev–Trinajstić information content (AvgIpc) is 2.61. The Kier molecular flexibility index (Phi) is 5.93. The lowest BCUT2D eigenvalue weighted by Gasteiger charge is -2.21. The largest absolute Gasteiger partial charge is 0.493 e. The Balaban J connectivity index is 2.26. The van der Waals surface area contributed by atoms with Gasteiger partial charge < -0.3 is 19.1 Å². The van der Waals surface area contributed by atoms with Crippen LogP contribution >= 0.6 is 11.6 Å². The van der Waals surface area contributed by atoms with E-state index in [1.165, 1.54) is 0 Å². The van der Waals surface area contributed by atoms with E-state index in [0.29, 0.717) is 34.4 Å². The Morgan fingerprint density at radius 1 is 0.958 bits per heavy atom. The van der Waals surface area contributed by atoms with E-state index in [4.69, 9.17) is 25.8 Å². The minimum atomic E-state index is -0.108. The molecule has 0 N–H and O–H groups in total. The smallest absolute Gasteiger partial charge is 0.253 e. The van der Waals surface area contributed by atoms with Crippen LogP contribution in [-0.2, 0) is 6.54 Å². The maximum Gasteiger partial charge on any atom is 0.253 e. The second-order valence-corrected chi connectivity index (χ2v) is 5.60. The van der Waals surface area contributed by atoms with Gasteiger partial charge in [0.05, 0.1) is 21.3 Å². The molecule has 0 aromatic heterocycles. The van der Waals surface area contributed by atoms with E-state index < -0.39 is 0 Å². The van der Waals surface area contributed by atoms with Crippen molar-refractivity contribution in [2.75, 3.05) is 28.4 Å². The van der Waals surface area contributed by atoms with Crippen molar-refractivity contribution in [1.29, 1.82) is 0 Å². The van der Waals surface area contributed by atoms with Gasteiger partial charge in [0.2, 0.25) is 5.75 Å². The number of halogens is 1. The summed E-state index contributed by atoms with van der Waals surface area (Å²) in [7, 11) is 6.40. The Hall–Kier alpha value is -2.40. The lowest BCUT2D eigenvalue weighted by atomic mass is 10.1. The summed E-state index contributed by atoms with van der Waals surface area (Å²) < 4.78 is 16.1. The van der Waals surface area contributed by atoms with Crippen molar-refractivity contribution in [3.63, 3.8) is 0 Å². The molecule has 0 atom stereocenters. The summed E-state index contributed by atoms with van der Waals surface area (Å²) in [4.78, 5) is 14.1. The number of rotatable bonds is 6. The minimum absolute atomic E-state index is 0.108. The van der Waals surface area contributed by atoms with Crippen LogP contribution in [0.4, 0.5) is 0 Å². The van der Waals surface area contributed by atoms with E-state index in [1.807, 2.05) is 6.07 Å². The second-order valence-electron chi connectivity index (χ2n) is 5.16. The highest BCUT2D eigenvalue weighted by molar-refractivity contribution is 6.30. The van der Waals surface area contributed by atoms with E-state index in [9.17, 15) is 4.79 Å². The summed E-state index contributed by atoms with van der Waals surface area (Å²) in [5.74, 6) is 1.52. The summed E-state index contributed by atoms with van der Waals surface area (Å²) in [6.07, 6.45) is 0. The number of carbonyl (C=O) groups is 1. The monoisotopic (exact) mass is 349 g/mol. The number of methoxy groups -OCH3 is 3. The van der Waals surface area contributed by atoms with Crippen molar-refractivity contribution in [2.24, 2.45) is 0 Å². The van der Waals surface area contributed by atoms with Gasteiger partial charge in [-0.2, -0.15) is 0 Å². The molecule has 6 heteroatoms. The quantitative estimate of drug-likeness (QED) is 0.799. The fraction of sp³-hybridized carbons (Fsp3) is 0.278. The molecule has 2 rings (SSSR count). The first-order valence-corrected chi connectivity index (χ1v) is 7.68. The highest BCUT2D eigenvalue weighted by Gasteiger charge is 2.19. The van der Waals surface area contributed by atoms with Gasteiger partial charge in [-0.1, -0.05) is 11.6 Å². The standard InChI is InChI=1S/C18H20ClNO4/c1-20(18(21)12-5-8-14(19)9-6-12)11-13-7-10-15(22-2)17(24-4)16(13)23-3/h5-10H,11H2,1-4H3. The molecule has 5 nitrogen and oxygen atoms in total. The van der Waals surface area contributed by atoms with Crippen LogP contribution in [0, 0.1) is 0 Å². The molecular weight excluding hydrogens is 330 g/mol. The third-order valence-electron chi connectivity index (χ3n) is 3.63. The first kappa shape index (κ1) is 17.9. The van der Waals surface area contributed by atoms with Crippen LogP contribution in [0.3, 0.4) is 0 Å². The molecule has 0 bridgehead atoms. The SMILES string of the molecule is COc1ccc(CN(C)C(=O)c2ccc(Cl)cc2)c(OC)c1OC. The predicted molar refractivity (Wildman–Crippen MR) is 93.3 cm³/mol. The van der Waals surface area contributed by atoms with Gasteiger partial charge in [-0.05, 0) is 36.4 Å². The highest BCUT2D eigenvalue weighted by Crippen LogP contribution is 2.40. The molecule has 2 aromatic rings. The summed E-state index contributed by atoms with van der Waals surface area (Å²) >= 11 is 5.86. The molecule has 0 fully saturated rings. The van der Waals surface area contributed by atoms with Gasteiger partial charge in [0.15, 0.2) is 11.5 Å². The third-order valence-corrected chi connectivity index (χ3v) is 3.88. The molecular formula is C18H20ClNO4. The molecule has 0 aliphatic heterocycles. The van der Waals surface area contributed by atoms with Crippen molar-refractivity contribution < 1.29 is 19.0 Å². The van der Waals surface area contributed by atoms with Gasteiger partial charge in [0.25, 0.3) is 5.91 Å². The maximum absolute atomic E-state index is 12.5. The van der Waals surface area contributed by atoms with Crippen molar-refractivity contribution >= 4 is 17.5 Å². The van der Waals surface area contributed by atoms with E-state index in [-0.39, 0.29) is 5.91 Å². The molecule has 0 heterocycles. The number of benzene rings is 2. The van der Waals surface area contributed by atoms with E-state index in [1.54, 1.807) is 63.6 Å². The van der Waals surface area contributed by atoms with Crippen LogP contribution in [0.25, 0.3) is 0 Å². The molecule has 0 aliphatic carbocycles. The van der Waals surface area contributed by atoms with Crippen LogP contribution < -0.4 is 14.2 Å². The maximum atomic E-state index is 12.5. The van der Waals surface area contributed by atoms with Crippen molar-refractivity contribution in [2.45, 2.75) is 6.54 Å². The topological polar surface area (TPSA) is 48.0 Å². The molecule has 0 aliphatic rings. The van der Waals surface area contributed by atoms with Gasteiger partial charge in [0, 0.05) is 29.7 Å². The zero-order valence-electron chi connectivity index (χ0n) is 14.1. The average molecular weight is 350 g/mol. The molecule has 24 heavy (non-hydrogen) atoms. The van der Waals surface area contributed by atoms with Crippen molar-refractivity contribution in [3.8, 4) is 17.2 Å². The van der Waals surface area contributed by atoms with Crippen LogP contribution in [0.1, 0.15) is 15.9 Å². The summed E-state index contributed by atoms with van der Waals surface area (Å²) in [6, 6.07) is 10.4. The summed E-state index contributed by atoms with van der Waals surface area (Å²) in [6.45, 7) is 0.366. The molecule has 0 spiro atoms. The number of carbonyl (C=O) groups excluding carboxylic acids is 1. The molecule has 2 aromatic carbocycles. The summed E-state index contributed by atoms with van der Waals surface area (Å²) in [5.41, 5.74) is 1.39. The van der Waals surface area contributed by atoms with Gasteiger partial charge >= 0.3 is 0 Å². The fourth-order valence-electron chi connectivity index (χ4n) is 2.43. The summed E-state index contributed by atoms with van der Waals surface area (Å²) in [5, 5.41) is 0.593. The molecule has 128 valence electrons. The first-order valence-electron chi connectivity index (χ1n) is 7.30. The van der Waals surface area contributed by atoms with Crippen molar-refractivity contribution in [3.05, 3.63) is 52.5 Å². The number of ether oxygens (including phenoxy) is 3. The van der Waals surface area contributed by atoms with Crippen LogP contribution in [0.5, 0.6) is 17.2 Å². The molecule has 0 saturated carbocycles. The zero-order chi connectivity index (χ0) is 17.7. The third kappa shape index (κ3) is 3.74. The number of amides is 1. The lowest BCUT2D eigenvalue weighted by molar-refractivity contribution is 0.0784. The molecule has 1 amide bonds. The van der Waals surface area contributed by atoms with Crippen LogP contribution in [0.2, 0.25) is 5.02 Å². The van der Waals surface area contributed by atoms with E-state index >= 15 is 0 Å². The molecule has 0 radical (unpaired) electrons. The van der Waals surface area contributed by atoms with Gasteiger partial charge in [-0.25, -0.2) is 0 Å². The fourth-order valence-corrected chi connectivity index (χ4v) is 2.55. The van der Waals surface area contributed by atoms with Crippen LogP contribution in [0.15, 0.2) is 36.4 Å². The Labute approximate surface area is 146 Å². The van der Waals surface area contributed by atoms with Gasteiger partial charge in [0.1, 0.15) is 0 Å². The number of hydrogen-bond acceptors (Lipinski definition) is 4. The van der Waals surface area contributed by atoms with Crippen molar-refractivity contribution in [1.82, 2.24) is 4.90 Å². The Bertz CT molecular complexity index is 716. The Morgan fingerprint density at radius 3 is 2.12 bits per heavy atom. The lowest BCUT2D eigenvalue weighted by Crippen LogP contribution is -2.26. The number of hydrogen-bond donors (Lipinski definition) is 0. The predicted octanol–water partition coefficient (Wildman–Crippen LogP) is 3.64. The van der Waals surface area contributed by atoms with Gasteiger partial charge in [-0.3, -0.25) is 4.79 Å².